The molecule has 0 unspecified atom stereocenters. The first-order chi connectivity index (χ1) is 9.36. The minimum absolute atomic E-state index is 0.169. The zero-order valence-electron chi connectivity index (χ0n) is 10.4. The van der Waals surface area contributed by atoms with E-state index in [2.05, 4.69) is 0 Å². The van der Waals surface area contributed by atoms with Gasteiger partial charge in [-0.1, -0.05) is 36.4 Å². The van der Waals surface area contributed by atoms with Crippen LogP contribution in [0.15, 0.2) is 77.6 Å². The summed E-state index contributed by atoms with van der Waals surface area (Å²) in [4.78, 5) is 11.5. The Balaban J connectivity index is 1.73. The van der Waals surface area contributed by atoms with Crippen molar-refractivity contribution in [2.45, 2.75) is 6.61 Å². The highest BCUT2D eigenvalue weighted by molar-refractivity contribution is 6.02. The van der Waals surface area contributed by atoms with E-state index in [0.717, 1.165) is 5.56 Å². The van der Waals surface area contributed by atoms with E-state index in [-0.39, 0.29) is 5.78 Å². The van der Waals surface area contributed by atoms with Crippen LogP contribution in [0.4, 0.5) is 0 Å². The van der Waals surface area contributed by atoms with Gasteiger partial charge in [0.05, 0.1) is 12.5 Å². The molecule has 2 rings (SSSR count). The van der Waals surface area contributed by atoms with Gasteiger partial charge in [-0.05, 0) is 29.8 Å². The fourth-order valence-corrected chi connectivity index (χ4v) is 1.46. The number of carbonyl (C=O) groups excluding carboxylic acids is 1. The molecule has 1 heterocycles. The minimum Gasteiger partial charge on any atom is -0.497 e. The molecular formula is C16H14O3. The molecule has 1 aromatic heterocycles. The smallest absolute Gasteiger partial charge is 0.220 e. The van der Waals surface area contributed by atoms with Gasteiger partial charge < -0.3 is 9.15 Å². The van der Waals surface area contributed by atoms with Crippen LogP contribution in [0.25, 0.3) is 0 Å². The zero-order chi connectivity index (χ0) is 13.3. The molecule has 0 spiro atoms. The van der Waals surface area contributed by atoms with Crippen LogP contribution in [0, 0.1) is 0 Å². The molecule has 1 aromatic carbocycles. The second-order valence-corrected chi connectivity index (χ2v) is 3.83. The quantitative estimate of drug-likeness (QED) is 0.341. The Morgan fingerprint density at radius 2 is 1.95 bits per heavy atom. The van der Waals surface area contributed by atoms with Crippen molar-refractivity contribution >= 4 is 5.78 Å². The lowest BCUT2D eigenvalue weighted by Gasteiger charge is -1.99. The highest BCUT2D eigenvalue weighted by Crippen LogP contribution is 2.02. The van der Waals surface area contributed by atoms with Gasteiger partial charge in [0, 0.05) is 0 Å². The number of ketones is 1. The van der Waals surface area contributed by atoms with Gasteiger partial charge in [0.1, 0.15) is 6.61 Å². The van der Waals surface area contributed by atoms with Crippen LogP contribution in [0.2, 0.25) is 0 Å². The van der Waals surface area contributed by atoms with Crippen LogP contribution >= 0.6 is 0 Å². The molecule has 3 heteroatoms. The van der Waals surface area contributed by atoms with E-state index in [0.29, 0.717) is 12.4 Å². The molecule has 0 fully saturated rings. The number of rotatable bonds is 6. The summed E-state index contributed by atoms with van der Waals surface area (Å²) in [6, 6.07) is 13.2. The average molecular weight is 254 g/mol. The molecule has 2 aromatic rings. The summed E-state index contributed by atoms with van der Waals surface area (Å²) in [5, 5.41) is 0. The molecule has 19 heavy (non-hydrogen) atoms. The van der Waals surface area contributed by atoms with Gasteiger partial charge in [-0.25, -0.2) is 0 Å². The SMILES string of the molecule is O=C(/C=C/C=C/OCc1ccccc1)c1ccco1. The number of benzene rings is 1. The van der Waals surface area contributed by atoms with Crippen molar-refractivity contribution in [3.8, 4) is 0 Å². The maximum atomic E-state index is 11.5. The van der Waals surface area contributed by atoms with Crippen molar-refractivity contribution < 1.29 is 13.9 Å². The Kier molecular flexibility index (Phi) is 4.76. The summed E-state index contributed by atoms with van der Waals surface area (Å²) < 4.78 is 10.3. The lowest BCUT2D eigenvalue weighted by atomic mass is 10.2. The Labute approximate surface area is 111 Å². The summed E-state index contributed by atoms with van der Waals surface area (Å²) in [5.74, 6) is 0.160. The first-order valence-electron chi connectivity index (χ1n) is 5.93. The number of hydrogen-bond donors (Lipinski definition) is 0. The van der Waals surface area contributed by atoms with Crippen molar-refractivity contribution in [1.29, 1.82) is 0 Å². The molecule has 0 aliphatic carbocycles. The summed E-state index contributed by atoms with van der Waals surface area (Å²) in [6.45, 7) is 0.511. The van der Waals surface area contributed by atoms with E-state index in [1.807, 2.05) is 30.3 Å². The molecule has 96 valence electrons. The van der Waals surface area contributed by atoms with E-state index < -0.39 is 0 Å². The Bertz CT molecular complexity index is 551. The first kappa shape index (κ1) is 12.9. The van der Waals surface area contributed by atoms with E-state index in [1.165, 1.54) is 12.3 Å². The van der Waals surface area contributed by atoms with E-state index in [1.54, 1.807) is 30.5 Å². The third-order valence-electron chi connectivity index (χ3n) is 2.39. The van der Waals surface area contributed by atoms with E-state index in [9.17, 15) is 4.79 Å². The molecule has 3 nitrogen and oxygen atoms in total. The molecule has 0 amide bonds. The van der Waals surface area contributed by atoms with Crippen LogP contribution in [-0.2, 0) is 11.3 Å². The summed E-state index contributed by atoms with van der Waals surface area (Å²) in [7, 11) is 0. The van der Waals surface area contributed by atoms with Crippen molar-refractivity contribution in [1.82, 2.24) is 0 Å². The van der Waals surface area contributed by atoms with Gasteiger partial charge >= 0.3 is 0 Å². The van der Waals surface area contributed by atoms with Crippen LogP contribution < -0.4 is 0 Å². The molecule has 0 bridgehead atoms. The van der Waals surface area contributed by atoms with E-state index in [4.69, 9.17) is 9.15 Å². The highest BCUT2D eigenvalue weighted by Gasteiger charge is 2.02. The van der Waals surface area contributed by atoms with Gasteiger partial charge in [0.2, 0.25) is 5.78 Å². The largest absolute Gasteiger partial charge is 0.497 e. The topological polar surface area (TPSA) is 39.4 Å². The van der Waals surface area contributed by atoms with Crippen molar-refractivity contribution in [2.24, 2.45) is 0 Å². The van der Waals surface area contributed by atoms with Gasteiger partial charge in [0.15, 0.2) is 5.76 Å². The van der Waals surface area contributed by atoms with Crippen LogP contribution in [0.5, 0.6) is 0 Å². The Morgan fingerprint density at radius 3 is 2.68 bits per heavy atom. The fourth-order valence-electron chi connectivity index (χ4n) is 1.46. The second-order valence-electron chi connectivity index (χ2n) is 3.83. The summed E-state index contributed by atoms with van der Waals surface area (Å²) >= 11 is 0. The van der Waals surface area contributed by atoms with Crippen molar-refractivity contribution in [3.63, 3.8) is 0 Å². The number of allylic oxidation sites excluding steroid dienone is 3. The molecule has 0 saturated carbocycles. The maximum absolute atomic E-state index is 11.5. The third kappa shape index (κ3) is 4.32. The Morgan fingerprint density at radius 1 is 1.11 bits per heavy atom. The van der Waals surface area contributed by atoms with Gasteiger partial charge in [0.25, 0.3) is 0 Å². The third-order valence-corrected chi connectivity index (χ3v) is 2.39. The molecule has 0 radical (unpaired) electrons. The minimum atomic E-state index is -0.169. The van der Waals surface area contributed by atoms with Crippen LogP contribution in [-0.4, -0.2) is 5.78 Å². The van der Waals surface area contributed by atoms with Crippen molar-refractivity contribution in [2.75, 3.05) is 0 Å². The Hall–Kier alpha value is -2.55. The lowest BCUT2D eigenvalue weighted by molar-refractivity contribution is 0.102. The van der Waals surface area contributed by atoms with Crippen LogP contribution in [0.3, 0.4) is 0 Å². The zero-order valence-corrected chi connectivity index (χ0v) is 10.4. The fraction of sp³-hybridized carbons (Fsp3) is 0.0625. The molecule has 0 atom stereocenters. The standard InChI is InChI=1S/C16H14O3/c17-15(16-10-6-12-19-16)9-4-5-11-18-13-14-7-2-1-3-8-14/h1-12H,13H2/b9-4+,11-5+. The lowest BCUT2D eigenvalue weighted by Crippen LogP contribution is -1.89. The van der Waals surface area contributed by atoms with Gasteiger partial charge in [-0.3, -0.25) is 4.79 Å². The number of hydrogen-bond acceptors (Lipinski definition) is 3. The summed E-state index contributed by atoms with van der Waals surface area (Å²) in [6.07, 6.45) is 7.75. The average Bonchev–Trinajstić information content (AvgIpc) is 2.98. The summed E-state index contributed by atoms with van der Waals surface area (Å²) in [5.41, 5.74) is 1.10. The maximum Gasteiger partial charge on any atom is 0.220 e. The molecule has 0 aliphatic heterocycles. The number of ether oxygens (including phenoxy) is 1. The van der Waals surface area contributed by atoms with Crippen LogP contribution in [0.1, 0.15) is 16.1 Å². The second kappa shape index (κ2) is 7.01. The molecule has 0 aliphatic rings. The predicted octanol–water partition coefficient (Wildman–Crippen LogP) is 3.75. The number of furan rings is 1. The first-order valence-corrected chi connectivity index (χ1v) is 5.93. The van der Waals surface area contributed by atoms with Gasteiger partial charge in [-0.15, -0.1) is 0 Å². The molecule has 0 saturated heterocycles. The van der Waals surface area contributed by atoms with Crippen molar-refractivity contribution in [3.05, 3.63) is 84.5 Å². The monoisotopic (exact) mass is 254 g/mol. The van der Waals surface area contributed by atoms with Gasteiger partial charge in [-0.2, -0.15) is 0 Å². The van der Waals surface area contributed by atoms with E-state index >= 15 is 0 Å². The molecule has 0 N–H and O–H groups in total. The predicted molar refractivity (Wildman–Crippen MR) is 72.5 cm³/mol. The molecular weight excluding hydrogens is 240 g/mol. The highest BCUT2D eigenvalue weighted by atomic mass is 16.5. The normalized spacial score (nSPS) is 11.2. The number of carbonyl (C=O) groups is 1.